The van der Waals surface area contributed by atoms with E-state index >= 15 is 0 Å². The van der Waals surface area contributed by atoms with E-state index in [1.807, 2.05) is 20.8 Å². The molecule has 1 aromatic rings. The van der Waals surface area contributed by atoms with Crippen LogP contribution in [-0.4, -0.2) is 24.0 Å². The second kappa shape index (κ2) is 6.61. The van der Waals surface area contributed by atoms with Gasteiger partial charge in [0.1, 0.15) is 0 Å². The lowest BCUT2D eigenvalue weighted by Gasteiger charge is -2.37. The number of aryl methyl sites for hydroxylation is 1. The van der Waals surface area contributed by atoms with Crippen LogP contribution in [0.2, 0.25) is 0 Å². The van der Waals surface area contributed by atoms with Crippen LogP contribution in [0, 0.1) is 6.92 Å². The van der Waals surface area contributed by atoms with E-state index in [2.05, 4.69) is 41.8 Å². The average molecular weight is 288 g/mol. The minimum Gasteiger partial charge on any atom is -0.351 e. The van der Waals surface area contributed by atoms with Crippen molar-refractivity contribution in [3.05, 3.63) is 35.4 Å². The summed E-state index contributed by atoms with van der Waals surface area (Å²) in [6.45, 7) is 8.99. The summed E-state index contributed by atoms with van der Waals surface area (Å²) in [6.07, 6.45) is 2.93. The van der Waals surface area contributed by atoms with E-state index in [1.165, 1.54) is 24.0 Å². The first-order chi connectivity index (χ1) is 9.85. The van der Waals surface area contributed by atoms with Crippen LogP contribution in [-0.2, 0) is 4.79 Å². The molecular weight excluding hydrogens is 260 g/mol. The highest BCUT2D eigenvalue weighted by Crippen LogP contribution is 2.38. The molecule has 3 nitrogen and oxygen atoms in total. The highest BCUT2D eigenvalue weighted by Gasteiger charge is 2.30. The van der Waals surface area contributed by atoms with E-state index in [1.54, 1.807) is 0 Å². The summed E-state index contributed by atoms with van der Waals surface area (Å²) in [5.41, 5.74) is 2.75. The fraction of sp³-hybridized carbons (Fsp3) is 0.611. The van der Waals surface area contributed by atoms with Crippen molar-refractivity contribution < 1.29 is 4.79 Å². The summed E-state index contributed by atoms with van der Waals surface area (Å²) in [5.74, 6) is 0.817. The smallest absolute Gasteiger partial charge is 0.221 e. The molecule has 2 N–H and O–H groups in total. The second-order valence-corrected chi connectivity index (χ2v) is 7.22. The fourth-order valence-electron chi connectivity index (χ4n) is 2.95. The predicted molar refractivity (Wildman–Crippen MR) is 87.5 cm³/mol. The molecule has 0 spiro atoms. The van der Waals surface area contributed by atoms with Gasteiger partial charge in [0.25, 0.3) is 0 Å². The van der Waals surface area contributed by atoms with Gasteiger partial charge in [-0.15, -0.1) is 0 Å². The van der Waals surface area contributed by atoms with Gasteiger partial charge in [-0.25, -0.2) is 0 Å². The van der Waals surface area contributed by atoms with E-state index in [4.69, 9.17) is 0 Å². The highest BCUT2D eigenvalue weighted by molar-refractivity contribution is 5.76. The maximum absolute atomic E-state index is 11.7. The van der Waals surface area contributed by atoms with Gasteiger partial charge in [-0.05, 0) is 57.6 Å². The molecule has 0 bridgehead atoms. The minimum atomic E-state index is -0.135. The minimum absolute atomic E-state index is 0.129. The quantitative estimate of drug-likeness (QED) is 0.874. The Morgan fingerprint density at radius 1 is 1.24 bits per heavy atom. The van der Waals surface area contributed by atoms with Gasteiger partial charge in [0.15, 0.2) is 0 Å². The molecule has 1 aliphatic rings. The molecule has 1 aromatic carbocycles. The number of hydrogen-bond acceptors (Lipinski definition) is 2. The van der Waals surface area contributed by atoms with Gasteiger partial charge >= 0.3 is 0 Å². The van der Waals surface area contributed by atoms with E-state index in [0.717, 1.165) is 6.54 Å². The molecule has 1 aliphatic carbocycles. The molecule has 116 valence electrons. The topological polar surface area (TPSA) is 41.1 Å². The third-order valence-corrected chi connectivity index (χ3v) is 4.07. The van der Waals surface area contributed by atoms with Crippen LogP contribution in [0.5, 0.6) is 0 Å². The lowest BCUT2D eigenvalue weighted by Crippen LogP contribution is -2.44. The van der Waals surface area contributed by atoms with Gasteiger partial charge in [-0.2, -0.15) is 0 Å². The number of carbonyl (C=O) groups excluding carboxylic acids is 1. The molecule has 1 amide bonds. The molecule has 0 unspecified atom stereocenters. The van der Waals surface area contributed by atoms with Crippen LogP contribution in [0.15, 0.2) is 24.3 Å². The zero-order valence-corrected chi connectivity index (χ0v) is 13.7. The Balaban J connectivity index is 1.65. The van der Waals surface area contributed by atoms with Crippen molar-refractivity contribution in [3.63, 3.8) is 0 Å². The number of carbonyl (C=O) groups is 1. The Hall–Kier alpha value is -1.35. The number of rotatable bonds is 5. The van der Waals surface area contributed by atoms with Crippen molar-refractivity contribution in [2.24, 2.45) is 0 Å². The average Bonchev–Trinajstić information content (AvgIpc) is 2.31. The van der Waals surface area contributed by atoms with Crippen LogP contribution in [0.4, 0.5) is 0 Å². The summed E-state index contributed by atoms with van der Waals surface area (Å²) < 4.78 is 0. The van der Waals surface area contributed by atoms with Crippen LogP contribution in [0.25, 0.3) is 0 Å². The summed E-state index contributed by atoms with van der Waals surface area (Å²) in [7, 11) is 0. The number of hydrogen-bond donors (Lipinski definition) is 2. The van der Waals surface area contributed by atoms with E-state index in [0.29, 0.717) is 18.4 Å². The largest absolute Gasteiger partial charge is 0.351 e. The van der Waals surface area contributed by atoms with Gasteiger partial charge in [0.05, 0.1) is 0 Å². The van der Waals surface area contributed by atoms with Gasteiger partial charge in [-0.3, -0.25) is 4.79 Å². The summed E-state index contributed by atoms with van der Waals surface area (Å²) >= 11 is 0. The molecule has 3 heteroatoms. The Labute approximate surface area is 128 Å². The van der Waals surface area contributed by atoms with Gasteiger partial charge in [0, 0.05) is 24.5 Å². The monoisotopic (exact) mass is 288 g/mol. The lowest BCUT2D eigenvalue weighted by atomic mass is 9.74. The lowest BCUT2D eigenvalue weighted by molar-refractivity contribution is -0.122. The van der Waals surface area contributed by atoms with Crippen molar-refractivity contribution >= 4 is 5.91 Å². The number of nitrogens with one attached hydrogen (secondary N) is 2. The van der Waals surface area contributed by atoms with E-state index < -0.39 is 0 Å². The maximum Gasteiger partial charge on any atom is 0.221 e. The molecule has 21 heavy (non-hydrogen) atoms. The van der Waals surface area contributed by atoms with Crippen molar-refractivity contribution in [1.29, 1.82) is 0 Å². The molecule has 0 radical (unpaired) electrons. The van der Waals surface area contributed by atoms with Crippen molar-refractivity contribution in [3.8, 4) is 0 Å². The first kappa shape index (κ1) is 16.0. The molecule has 2 rings (SSSR count). The second-order valence-electron chi connectivity index (χ2n) is 7.22. The van der Waals surface area contributed by atoms with Crippen molar-refractivity contribution in [2.45, 2.75) is 64.5 Å². The fourth-order valence-corrected chi connectivity index (χ4v) is 2.95. The zero-order chi connectivity index (χ0) is 15.5. The predicted octanol–water partition coefficient (Wildman–Crippen LogP) is 3.14. The van der Waals surface area contributed by atoms with Crippen LogP contribution < -0.4 is 10.6 Å². The Kier molecular flexibility index (Phi) is 5.04. The van der Waals surface area contributed by atoms with E-state index in [-0.39, 0.29) is 11.4 Å². The van der Waals surface area contributed by atoms with Crippen LogP contribution in [0.3, 0.4) is 0 Å². The number of benzene rings is 1. The maximum atomic E-state index is 11.7. The summed E-state index contributed by atoms with van der Waals surface area (Å²) in [5, 5.41) is 6.49. The van der Waals surface area contributed by atoms with Gasteiger partial charge < -0.3 is 10.6 Å². The zero-order valence-electron chi connectivity index (χ0n) is 13.7. The molecule has 0 aromatic heterocycles. The Bertz CT molecular complexity index is 484. The molecule has 0 aliphatic heterocycles. The molecule has 0 atom stereocenters. The first-order valence-electron chi connectivity index (χ1n) is 7.95. The molecule has 0 heterocycles. The Morgan fingerprint density at radius 3 is 2.52 bits per heavy atom. The SMILES string of the molecule is Cc1ccccc1C1CC(NCCC(=O)NC(C)(C)C)C1. The molecule has 0 saturated heterocycles. The normalized spacial score (nSPS) is 21.7. The Morgan fingerprint density at radius 2 is 1.90 bits per heavy atom. The number of amides is 1. The first-order valence-corrected chi connectivity index (χ1v) is 7.95. The van der Waals surface area contributed by atoms with E-state index in [9.17, 15) is 4.79 Å². The highest BCUT2D eigenvalue weighted by atomic mass is 16.1. The molecular formula is C18H28N2O. The van der Waals surface area contributed by atoms with Gasteiger partial charge in [0.2, 0.25) is 5.91 Å². The molecule has 1 fully saturated rings. The standard InChI is InChI=1S/C18H28N2O/c1-13-7-5-6-8-16(13)14-11-15(12-14)19-10-9-17(21)20-18(2,3)4/h5-8,14-15,19H,9-12H2,1-4H3,(H,20,21). The third-order valence-electron chi connectivity index (χ3n) is 4.07. The van der Waals surface area contributed by atoms with Crippen LogP contribution >= 0.6 is 0 Å². The third kappa shape index (κ3) is 4.85. The van der Waals surface area contributed by atoms with Gasteiger partial charge in [-0.1, -0.05) is 24.3 Å². The van der Waals surface area contributed by atoms with Crippen molar-refractivity contribution in [2.75, 3.05) is 6.54 Å². The van der Waals surface area contributed by atoms with Crippen molar-refractivity contribution in [1.82, 2.24) is 10.6 Å². The summed E-state index contributed by atoms with van der Waals surface area (Å²) in [4.78, 5) is 11.7. The molecule has 1 saturated carbocycles. The summed E-state index contributed by atoms with van der Waals surface area (Å²) in [6, 6.07) is 9.22. The van der Waals surface area contributed by atoms with Crippen LogP contribution in [0.1, 0.15) is 57.1 Å².